The molecule has 4 rings (SSSR count). The molecule has 0 fully saturated rings. The third-order valence-corrected chi connectivity index (χ3v) is 6.27. The molecule has 2 aromatic carbocycles. The fourth-order valence-corrected chi connectivity index (χ4v) is 4.55. The molecule has 2 atom stereocenters. The number of para-hydroxylation sites is 1. The van der Waals surface area contributed by atoms with E-state index < -0.39 is 0 Å². The average molecular weight is 385 g/mol. The number of amides is 1. The van der Waals surface area contributed by atoms with Crippen LogP contribution in [0.3, 0.4) is 0 Å². The van der Waals surface area contributed by atoms with Crippen molar-refractivity contribution in [3.8, 4) is 0 Å². The van der Waals surface area contributed by atoms with Gasteiger partial charge in [-0.15, -0.1) is 0 Å². The number of hydrogen-bond donors (Lipinski definition) is 1. The lowest BCUT2D eigenvalue weighted by molar-refractivity contribution is -0.111. The van der Waals surface area contributed by atoms with Crippen molar-refractivity contribution in [2.75, 3.05) is 5.32 Å². The zero-order valence-electron chi connectivity index (χ0n) is 17.6. The third kappa shape index (κ3) is 3.95. The van der Waals surface area contributed by atoms with Gasteiger partial charge >= 0.3 is 0 Å². The zero-order valence-corrected chi connectivity index (χ0v) is 17.6. The lowest BCUT2D eigenvalue weighted by atomic mass is 9.64. The lowest BCUT2D eigenvalue weighted by Gasteiger charge is -2.40. The Kier molecular flexibility index (Phi) is 4.99. The van der Waals surface area contributed by atoms with E-state index in [0.29, 0.717) is 17.5 Å². The highest BCUT2D eigenvalue weighted by Gasteiger charge is 2.35. The van der Waals surface area contributed by atoms with E-state index in [2.05, 4.69) is 56.2 Å². The Hall–Kier alpha value is -2.94. The van der Waals surface area contributed by atoms with E-state index >= 15 is 0 Å². The molecule has 0 spiro atoms. The number of pyridine rings is 1. The lowest BCUT2D eigenvalue weighted by Crippen LogP contribution is -2.30. The molecule has 1 aliphatic carbocycles. The van der Waals surface area contributed by atoms with Gasteiger partial charge in [0.1, 0.15) is 0 Å². The maximum atomic E-state index is 12.4. The Balaban J connectivity index is 1.52. The molecular weight excluding hydrogens is 356 g/mol. The van der Waals surface area contributed by atoms with Gasteiger partial charge in [0.15, 0.2) is 0 Å². The number of aromatic nitrogens is 1. The van der Waals surface area contributed by atoms with Crippen LogP contribution in [0.2, 0.25) is 0 Å². The molecule has 0 saturated carbocycles. The third-order valence-electron chi connectivity index (χ3n) is 6.27. The van der Waals surface area contributed by atoms with Crippen LogP contribution >= 0.6 is 0 Å². The smallest absolute Gasteiger partial charge is 0.248 e. The molecule has 1 amide bonds. The van der Waals surface area contributed by atoms with Crippen molar-refractivity contribution in [2.45, 2.75) is 45.4 Å². The van der Waals surface area contributed by atoms with Gasteiger partial charge in [-0.3, -0.25) is 9.78 Å². The van der Waals surface area contributed by atoms with Crippen LogP contribution in [0.4, 0.5) is 5.69 Å². The molecule has 3 nitrogen and oxygen atoms in total. The van der Waals surface area contributed by atoms with Gasteiger partial charge in [-0.1, -0.05) is 64.1 Å². The standard InChI is InChI=1S/C26H28N2O/c1-17-15-26(3,4)23-13-19(9-11-22(23)18(17)2)10-12-25(29)28-21-14-20-7-5-6-8-24(20)27-16-21/h5-14,16-18H,15H2,1-4H3,(H,28,29). The number of nitrogens with one attached hydrogen (secondary N) is 1. The Morgan fingerprint density at radius 1 is 1.14 bits per heavy atom. The van der Waals surface area contributed by atoms with Crippen LogP contribution < -0.4 is 5.32 Å². The average Bonchev–Trinajstić information content (AvgIpc) is 2.70. The minimum atomic E-state index is -0.152. The minimum Gasteiger partial charge on any atom is -0.321 e. The summed E-state index contributed by atoms with van der Waals surface area (Å²) in [6, 6.07) is 16.4. The summed E-state index contributed by atoms with van der Waals surface area (Å²) in [5, 5.41) is 3.92. The second-order valence-corrected chi connectivity index (χ2v) is 8.94. The monoisotopic (exact) mass is 384 g/mol. The number of hydrogen-bond acceptors (Lipinski definition) is 2. The van der Waals surface area contributed by atoms with Gasteiger partial charge in [-0.05, 0) is 58.6 Å². The van der Waals surface area contributed by atoms with Gasteiger partial charge in [-0.2, -0.15) is 0 Å². The molecule has 3 aromatic rings. The summed E-state index contributed by atoms with van der Waals surface area (Å²) in [6.07, 6.45) is 6.36. The minimum absolute atomic E-state index is 0.152. The Morgan fingerprint density at radius 2 is 1.93 bits per heavy atom. The zero-order chi connectivity index (χ0) is 20.6. The number of carbonyl (C=O) groups excluding carboxylic acids is 1. The number of fused-ring (bicyclic) bond motifs is 2. The van der Waals surface area contributed by atoms with Crippen molar-refractivity contribution in [1.82, 2.24) is 4.98 Å². The van der Waals surface area contributed by atoms with Gasteiger partial charge in [-0.25, -0.2) is 0 Å². The van der Waals surface area contributed by atoms with E-state index in [1.807, 2.05) is 36.4 Å². The predicted molar refractivity (Wildman–Crippen MR) is 121 cm³/mol. The first-order valence-electron chi connectivity index (χ1n) is 10.3. The van der Waals surface area contributed by atoms with E-state index in [1.165, 1.54) is 17.5 Å². The molecular formula is C26H28N2O. The number of rotatable bonds is 3. The second kappa shape index (κ2) is 7.47. The van der Waals surface area contributed by atoms with Crippen molar-refractivity contribution >= 4 is 28.6 Å². The summed E-state index contributed by atoms with van der Waals surface area (Å²) < 4.78 is 0. The summed E-state index contributed by atoms with van der Waals surface area (Å²) in [5.74, 6) is 1.10. The summed E-state index contributed by atoms with van der Waals surface area (Å²) in [4.78, 5) is 16.8. The molecule has 0 bridgehead atoms. The van der Waals surface area contributed by atoms with Crippen molar-refractivity contribution in [2.24, 2.45) is 5.92 Å². The van der Waals surface area contributed by atoms with Gasteiger partial charge in [0, 0.05) is 11.5 Å². The van der Waals surface area contributed by atoms with E-state index in [4.69, 9.17) is 0 Å². The highest BCUT2D eigenvalue weighted by molar-refractivity contribution is 6.02. The molecule has 2 unspecified atom stereocenters. The molecule has 1 aliphatic rings. The molecule has 3 heteroatoms. The molecule has 148 valence electrons. The summed E-state index contributed by atoms with van der Waals surface area (Å²) in [6.45, 7) is 9.30. The van der Waals surface area contributed by atoms with Crippen LogP contribution in [0, 0.1) is 5.92 Å². The number of benzene rings is 2. The fourth-order valence-electron chi connectivity index (χ4n) is 4.55. The maximum Gasteiger partial charge on any atom is 0.248 e. The van der Waals surface area contributed by atoms with Crippen molar-refractivity contribution in [1.29, 1.82) is 0 Å². The predicted octanol–water partition coefficient (Wildman–Crippen LogP) is 6.31. The summed E-state index contributed by atoms with van der Waals surface area (Å²) in [5.41, 5.74) is 5.69. The number of carbonyl (C=O) groups is 1. The maximum absolute atomic E-state index is 12.4. The van der Waals surface area contributed by atoms with Crippen LogP contribution in [-0.4, -0.2) is 10.9 Å². The molecule has 1 aromatic heterocycles. The molecule has 1 N–H and O–H groups in total. The van der Waals surface area contributed by atoms with Gasteiger partial charge in [0.2, 0.25) is 5.91 Å². The molecule has 29 heavy (non-hydrogen) atoms. The first-order chi connectivity index (χ1) is 13.8. The SMILES string of the molecule is CC1CC(C)(C)c2cc(C=CC(=O)Nc3cnc4ccccc4c3)ccc2C1C. The molecule has 0 saturated heterocycles. The van der Waals surface area contributed by atoms with Crippen LogP contribution in [0.15, 0.2) is 60.8 Å². The van der Waals surface area contributed by atoms with E-state index in [-0.39, 0.29) is 11.3 Å². The van der Waals surface area contributed by atoms with E-state index in [1.54, 1.807) is 12.3 Å². The first kappa shape index (κ1) is 19.4. The normalized spacial score (nSPS) is 20.6. The first-order valence-corrected chi connectivity index (χ1v) is 10.3. The van der Waals surface area contributed by atoms with Gasteiger partial charge in [0.05, 0.1) is 17.4 Å². The van der Waals surface area contributed by atoms with Crippen LogP contribution in [-0.2, 0) is 10.2 Å². The van der Waals surface area contributed by atoms with Crippen LogP contribution in [0.5, 0.6) is 0 Å². The molecule has 0 radical (unpaired) electrons. The highest BCUT2D eigenvalue weighted by Crippen LogP contribution is 2.45. The van der Waals surface area contributed by atoms with Gasteiger partial charge < -0.3 is 5.32 Å². The van der Waals surface area contributed by atoms with Crippen LogP contribution in [0.25, 0.3) is 17.0 Å². The van der Waals surface area contributed by atoms with E-state index in [9.17, 15) is 4.79 Å². The summed E-state index contributed by atoms with van der Waals surface area (Å²) in [7, 11) is 0. The number of anilines is 1. The number of nitrogens with zero attached hydrogens (tertiary/aromatic N) is 1. The molecule has 0 aliphatic heterocycles. The molecule has 1 heterocycles. The topological polar surface area (TPSA) is 42.0 Å². The Labute approximate surface area is 172 Å². The highest BCUT2D eigenvalue weighted by atomic mass is 16.1. The fraction of sp³-hybridized carbons (Fsp3) is 0.308. The summed E-state index contributed by atoms with van der Waals surface area (Å²) >= 11 is 0. The van der Waals surface area contributed by atoms with E-state index in [0.717, 1.165) is 16.5 Å². The van der Waals surface area contributed by atoms with Crippen molar-refractivity contribution in [3.63, 3.8) is 0 Å². The Morgan fingerprint density at radius 3 is 2.76 bits per heavy atom. The van der Waals surface area contributed by atoms with Crippen molar-refractivity contribution < 1.29 is 4.79 Å². The van der Waals surface area contributed by atoms with Crippen molar-refractivity contribution in [3.05, 3.63) is 77.5 Å². The second-order valence-electron chi connectivity index (χ2n) is 8.94. The van der Waals surface area contributed by atoms with Crippen LogP contribution in [0.1, 0.15) is 56.7 Å². The van der Waals surface area contributed by atoms with Gasteiger partial charge in [0.25, 0.3) is 0 Å². The largest absolute Gasteiger partial charge is 0.321 e. The Bertz CT molecular complexity index is 1100. The quantitative estimate of drug-likeness (QED) is 0.538.